The van der Waals surface area contributed by atoms with Gasteiger partial charge in [-0.15, -0.1) is 0 Å². The summed E-state index contributed by atoms with van der Waals surface area (Å²) in [4.78, 5) is 25.6. The van der Waals surface area contributed by atoms with E-state index in [4.69, 9.17) is 48.7 Å². The molecule has 9 heteroatoms. The largest absolute Gasteiger partial charge is 0.490 e. The van der Waals surface area contributed by atoms with E-state index in [1.807, 2.05) is 12.1 Å². The molecule has 150 valence electrons. The molecule has 1 amide bonds. The number of carbonyl (C=O) groups is 1. The normalized spacial score (nSPS) is 24.4. The van der Waals surface area contributed by atoms with Gasteiger partial charge in [-0.05, 0) is 31.0 Å². The number of hydrogen-bond acceptors (Lipinski definition) is 5. The topological polar surface area (TPSA) is 69.0 Å². The number of rotatable bonds is 3. The molecule has 3 heterocycles. The monoisotopic (exact) mass is 445 g/mol. The first kappa shape index (κ1) is 19.7. The quantitative estimate of drug-likeness (QED) is 0.506. The van der Waals surface area contributed by atoms with Crippen molar-refractivity contribution in [3.63, 3.8) is 0 Å². The van der Waals surface area contributed by atoms with Gasteiger partial charge in [-0.1, -0.05) is 34.8 Å². The average molecular weight is 447 g/mol. The second-order valence-electron chi connectivity index (χ2n) is 7.13. The van der Waals surface area contributed by atoms with Gasteiger partial charge < -0.3 is 18.8 Å². The highest BCUT2D eigenvalue weighted by Gasteiger charge is 2.45. The molecular weight excluding hydrogens is 429 g/mol. The van der Waals surface area contributed by atoms with Crippen LogP contribution in [0.3, 0.4) is 0 Å². The number of hydrogen-bond donors (Lipinski definition) is 0. The molecular formula is C19H18Cl3NO5. The molecule has 6 nitrogen and oxygen atoms in total. The predicted octanol–water partition coefficient (Wildman–Crippen LogP) is 4.67. The number of carbonyl (C=O) groups excluding carboxylic acids is 1. The van der Waals surface area contributed by atoms with Crippen LogP contribution in [0.2, 0.25) is 0 Å². The Bertz CT molecular complexity index is 927. The van der Waals surface area contributed by atoms with Gasteiger partial charge in [0.05, 0.1) is 0 Å². The molecule has 0 spiro atoms. The van der Waals surface area contributed by atoms with Gasteiger partial charge in [-0.2, -0.15) is 0 Å². The average Bonchev–Trinajstić information content (AvgIpc) is 2.89. The summed E-state index contributed by atoms with van der Waals surface area (Å²) in [7, 11) is 0. The Morgan fingerprint density at radius 3 is 2.50 bits per heavy atom. The number of nitrogens with zero attached hydrogens (tertiary/aromatic N) is 1. The lowest BCUT2D eigenvalue weighted by Crippen LogP contribution is -2.49. The molecule has 2 aliphatic heterocycles. The standard InChI is InChI=1S/C19H18Cl3NO5/c20-19(21,22)10-26-18(25)23-12-3-4-13(23)8-15(7-12)27-14-5-1-11-2-6-17(24)28-16(11)9-14/h1-2,5-6,9,12-13,15H,3-4,7-8,10H2/t12-,13+,15-. The fraction of sp³-hybridized carbons (Fsp3) is 0.474. The van der Waals surface area contributed by atoms with Crippen LogP contribution >= 0.6 is 34.8 Å². The second-order valence-corrected chi connectivity index (χ2v) is 9.64. The van der Waals surface area contributed by atoms with E-state index in [1.54, 1.807) is 17.0 Å². The maximum atomic E-state index is 12.4. The van der Waals surface area contributed by atoms with Crippen LogP contribution in [0.15, 0.2) is 39.5 Å². The molecule has 2 fully saturated rings. The van der Waals surface area contributed by atoms with Gasteiger partial charge in [0.25, 0.3) is 0 Å². The van der Waals surface area contributed by atoms with Gasteiger partial charge >= 0.3 is 11.7 Å². The minimum Gasteiger partial charge on any atom is -0.490 e. The molecule has 4 rings (SSSR count). The van der Waals surface area contributed by atoms with Gasteiger partial charge in [-0.25, -0.2) is 9.59 Å². The molecule has 2 saturated heterocycles. The number of fused-ring (bicyclic) bond motifs is 3. The van der Waals surface area contributed by atoms with Crippen LogP contribution in [0.4, 0.5) is 4.79 Å². The van der Waals surface area contributed by atoms with Crippen molar-refractivity contribution in [2.75, 3.05) is 6.61 Å². The van der Waals surface area contributed by atoms with Crippen LogP contribution in [-0.2, 0) is 4.74 Å². The Hall–Kier alpha value is -1.63. The molecule has 1 aromatic heterocycles. The van der Waals surface area contributed by atoms with E-state index in [2.05, 4.69) is 0 Å². The van der Waals surface area contributed by atoms with Crippen LogP contribution in [0.5, 0.6) is 5.75 Å². The molecule has 1 aromatic carbocycles. The van der Waals surface area contributed by atoms with E-state index in [1.165, 1.54) is 6.07 Å². The summed E-state index contributed by atoms with van der Waals surface area (Å²) in [5, 5.41) is 0.832. The van der Waals surface area contributed by atoms with Crippen molar-refractivity contribution in [2.24, 2.45) is 0 Å². The highest BCUT2D eigenvalue weighted by molar-refractivity contribution is 6.67. The number of halogens is 3. The van der Waals surface area contributed by atoms with Gasteiger partial charge in [0.1, 0.15) is 24.0 Å². The molecule has 0 unspecified atom stereocenters. The fourth-order valence-corrected chi connectivity index (χ4v) is 4.21. The van der Waals surface area contributed by atoms with Crippen molar-refractivity contribution in [3.05, 3.63) is 40.8 Å². The van der Waals surface area contributed by atoms with Crippen molar-refractivity contribution >= 4 is 51.9 Å². The third kappa shape index (κ3) is 4.34. The summed E-state index contributed by atoms with van der Waals surface area (Å²) in [5.74, 6) is 0.637. The Balaban J connectivity index is 1.42. The van der Waals surface area contributed by atoms with E-state index >= 15 is 0 Å². The van der Waals surface area contributed by atoms with Crippen LogP contribution in [-0.4, -0.2) is 39.6 Å². The van der Waals surface area contributed by atoms with Crippen molar-refractivity contribution < 1.29 is 18.7 Å². The lowest BCUT2D eigenvalue weighted by molar-refractivity contribution is 0.0340. The van der Waals surface area contributed by atoms with Crippen molar-refractivity contribution in [1.82, 2.24) is 4.90 Å². The Morgan fingerprint density at radius 2 is 1.82 bits per heavy atom. The van der Waals surface area contributed by atoms with E-state index in [-0.39, 0.29) is 24.8 Å². The highest BCUT2D eigenvalue weighted by Crippen LogP contribution is 2.38. The summed E-state index contributed by atoms with van der Waals surface area (Å²) < 4.78 is 14.9. The molecule has 28 heavy (non-hydrogen) atoms. The number of alkyl halides is 3. The van der Waals surface area contributed by atoms with Crippen LogP contribution in [0.25, 0.3) is 11.0 Å². The van der Waals surface area contributed by atoms with Crippen molar-refractivity contribution in [1.29, 1.82) is 0 Å². The highest BCUT2D eigenvalue weighted by atomic mass is 35.6. The van der Waals surface area contributed by atoms with Crippen LogP contribution < -0.4 is 10.4 Å². The zero-order valence-electron chi connectivity index (χ0n) is 14.8. The van der Waals surface area contributed by atoms with E-state index in [9.17, 15) is 9.59 Å². The first-order valence-corrected chi connectivity index (χ1v) is 10.1. The first-order valence-electron chi connectivity index (χ1n) is 9.01. The summed E-state index contributed by atoms with van der Waals surface area (Å²) >= 11 is 17.0. The third-order valence-electron chi connectivity index (χ3n) is 5.16. The summed E-state index contributed by atoms with van der Waals surface area (Å²) in [6.07, 6.45) is 2.67. The molecule has 2 bridgehead atoms. The maximum Gasteiger partial charge on any atom is 0.410 e. The van der Waals surface area contributed by atoms with Crippen LogP contribution in [0, 0.1) is 0 Å². The third-order valence-corrected chi connectivity index (χ3v) is 5.48. The van der Waals surface area contributed by atoms with Gasteiger partial charge in [0.2, 0.25) is 3.79 Å². The molecule has 2 aliphatic rings. The van der Waals surface area contributed by atoms with Gasteiger partial charge in [-0.3, -0.25) is 0 Å². The lowest BCUT2D eigenvalue weighted by Gasteiger charge is -2.38. The van der Waals surface area contributed by atoms with E-state index < -0.39 is 15.5 Å². The Morgan fingerprint density at radius 1 is 1.14 bits per heavy atom. The molecule has 0 radical (unpaired) electrons. The summed E-state index contributed by atoms with van der Waals surface area (Å²) in [6, 6.07) is 8.59. The van der Waals surface area contributed by atoms with Crippen molar-refractivity contribution in [2.45, 2.75) is 47.7 Å². The van der Waals surface area contributed by atoms with Crippen molar-refractivity contribution in [3.8, 4) is 5.75 Å². The Kier molecular flexibility index (Phi) is 5.38. The molecule has 0 aliphatic carbocycles. The SMILES string of the molecule is O=C(OCC(Cl)(Cl)Cl)N1[C@@H]2CC[C@H]1C[C@H](Oc1ccc3ccc(=O)oc3c1)C2. The van der Waals surface area contributed by atoms with Gasteiger partial charge in [0, 0.05) is 42.4 Å². The molecule has 0 N–H and O–H groups in total. The summed E-state index contributed by atoms with van der Waals surface area (Å²) in [5.41, 5.74) is 0.0880. The summed E-state index contributed by atoms with van der Waals surface area (Å²) in [6.45, 7) is -0.283. The fourth-order valence-electron chi connectivity index (χ4n) is 4.05. The van der Waals surface area contributed by atoms with E-state index in [0.29, 0.717) is 24.2 Å². The molecule has 3 atom stereocenters. The second kappa shape index (κ2) is 7.65. The predicted molar refractivity (Wildman–Crippen MR) is 106 cm³/mol. The maximum absolute atomic E-state index is 12.4. The molecule has 0 saturated carbocycles. The number of piperidine rings is 1. The number of amides is 1. The number of benzene rings is 1. The minimum atomic E-state index is -1.62. The van der Waals surface area contributed by atoms with E-state index in [0.717, 1.165) is 18.2 Å². The smallest absolute Gasteiger partial charge is 0.410 e. The first-order chi connectivity index (χ1) is 13.3. The number of ether oxygens (including phenoxy) is 2. The zero-order valence-corrected chi connectivity index (χ0v) is 17.0. The van der Waals surface area contributed by atoms with Gasteiger partial charge in [0.15, 0.2) is 0 Å². The van der Waals surface area contributed by atoms with Crippen LogP contribution in [0.1, 0.15) is 25.7 Å². The lowest BCUT2D eigenvalue weighted by atomic mass is 10.00. The zero-order chi connectivity index (χ0) is 19.9. The Labute approximate surface area is 176 Å². The molecule has 2 aromatic rings. The minimum absolute atomic E-state index is 0.0324.